The zero-order chi connectivity index (χ0) is 10.9. The second-order valence-corrected chi connectivity index (χ2v) is 5.83. The molecule has 0 aromatic heterocycles. The van der Waals surface area contributed by atoms with Crippen molar-refractivity contribution in [3.8, 4) is 0 Å². The van der Waals surface area contributed by atoms with Crippen LogP contribution in [0.5, 0.6) is 0 Å². The van der Waals surface area contributed by atoms with Gasteiger partial charge in [0.25, 0.3) is 0 Å². The number of nitrogens with zero attached hydrogens (tertiary/aromatic N) is 1. The number of alkyl halides is 1. The number of halogens is 1. The van der Waals surface area contributed by atoms with Crippen molar-refractivity contribution >= 4 is 0 Å². The lowest BCUT2D eigenvalue weighted by molar-refractivity contribution is 0.0133. The minimum Gasteiger partial charge on any atom is -0.296 e. The fourth-order valence-electron chi connectivity index (χ4n) is 2.28. The molecule has 1 nitrogen and oxygen atoms in total. The summed E-state index contributed by atoms with van der Waals surface area (Å²) in [7, 11) is 0. The van der Waals surface area contributed by atoms with Crippen molar-refractivity contribution in [1.82, 2.24) is 4.90 Å². The van der Waals surface area contributed by atoms with Crippen molar-refractivity contribution < 1.29 is 4.39 Å². The summed E-state index contributed by atoms with van der Waals surface area (Å²) in [6.45, 7) is 12.4. The summed E-state index contributed by atoms with van der Waals surface area (Å²) >= 11 is 0. The molecule has 2 unspecified atom stereocenters. The zero-order valence-electron chi connectivity index (χ0n) is 10.2. The summed E-state index contributed by atoms with van der Waals surface area (Å²) in [6.07, 6.45) is 0.374. The van der Waals surface area contributed by atoms with Crippen LogP contribution in [0.25, 0.3) is 0 Å². The van der Waals surface area contributed by atoms with Crippen LogP contribution in [-0.2, 0) is 0 Å². The summed E-state index contributed by atoms with van der Waals surface area (Å²) in [5.74, 6) is 0.751. The summed E-state index contributed by atoms with van der Waals surface area (Å²) in [5, 5.41) is 0. The molecular formula is C12H24FN. The van der Waals surface area contributed by atoms with Crippen LogP contribution >= 0.6 is 0 Å². The molecule has 0 aromatic rings. The van der Waals surface area contributed by atoms with E-state index >= 15 is 0 Å². The maximum atomic E-state index is 13.8. The highest BCUT2D eigenvalue weighted by atomic mass is 19.1. The van der Waals surface area contributed by atoms with E-state index in [-0.39, 0.29) is 11.5 Å². The van der Waals surface area contributed by atoms with Crippen LogP contribution in [0.3, 0.4) is 0 Å². The molecule has 14 heavy (non-hydrogen) atoms. The van der Waals surface area contributed by atoms with Gasteiger partial charge in [-0.1, -0.05) is 13.8 Å². The van der Waals surface area contributed by atoms with Crippen LogP contribution in [0.15, 0.2) is 0 Å². The van der Waals surface area contributed by atoms with E-state index in [2.05, 4.69) is 39.5 Å². The number of piperidine rings is 1. The van der Waals surface area contributed by atoms with Crippen LogP contribution < -0.4 is 0 Å². The fraction of sp³-hybridized carbons (Fsp3) is 1.00. The van der Waals surface area contributed by atoms with Crippen molar-refractivity contribution in [2.24, 2.45) is 11.8 Å². The highest BCUT2D eigenvalue weighted by Gasteiger charge is 2.35. The van der Waals surface area contributed by atoms with Gasteiger partial charge in [-0.3, -0.25) is 4.90 Å². The molecule has 2 heteroatoms. The third kappa shape index (κ3) is 2.69. The molecule has 0 aromatic carbocycles. The first-order chi connectivity index (χ1) is 6.32. The van der Waals surface area contributed by atoms with Crippen LogP contribution in [0.4, 0.5) is 4.39 Å². The van der Waals surface area contributed by atoms with E-state index in [4.69, 9.17) is 0 Å². The predicted molar refractivity (Wildman–Crippen MR) is 59.2 cm³/mol. The van der Waals surface area contributed by atoms with E-state index in [9.17, 15) is 4.39 Å². The van der Waals surface area contributed by atoms with E-state index in [1.165, 1.54) is 0 Å². The van der Waals surface area contributed by atoms with Gasteiger partial charge < -0.3 is 0 Å². The average Bonchev–Trinajstić information content (AvgIpc) is 2.01. The predicted octanol–water partition coefficient (Wildman–Crippen LogP) is 3.10. The molecule has 1 heterocycles. The highest BCUT2D eigenvalue weighted by Crippen LogP contribution is 2.30. The molecular weight excluding hydrogens is 177 g/mol. The molecule has 2 atom stereocenters. The van der Waals surface area contributed by atoms with Gasteiger partial charge >= 0.3 is 0 Å². The van der Waals surface area contributed by atoms with Crippen molar-refractivity contribution in [3.63, 3.8) is 0 Å². The maximum Gasteiger partial charge on any atom is 0.116 e. The van der Waals surface area contributed by atoms with Crippen LogP contribution in [0, 0.1) is 11.8 Å². The smallest absolute Gasteiger partial charge is 0.116 e. The van der Waals surface area contributed by atoms with E-state index in [1.54, 1.807) is 0 Å². The second kappa shape index (κ2) is 4.18. The Morgan fingerprint density at radius 1 is 1.29 bits per heavy atom. The van der Waals surface area contributed by atoms with E-state index in [1.807, 2.05) is 0 Å². The van der Waals surface area contributed by atoms with E-state index < -0.39 is 6.17 Å². The van der Waals surface area contributed by atoms with Crippen molar-refractivity contribution in [3.05, 3.63) is 0 Å². The SMILES string of the molecule is CC(C)C1CCN(C(C)(C)C)CC1F. The first kappa shape index (κ1) is 12.0. The molecule has 0 bridgehead atoms. The van der Waals surface area contributed by atoms with Gasteiger partial charge in [0.05, 0.1) is 0 Å². The fourth-order valence-corrected chi connectivity index (χ4v) is 2.28. The van der Waals surface area contributed by atoms with Gasteiger partial charge in [0.1, 0.15) is 6.17 Å². The van der Waals surface area contributed by atoms with Crippen molar-refractivity contribution in [2.45, 2.75) is 52.8 Å². The van der Waals surface area contributed by atoms with Gasteiger partial charge in [0.2, 0.25) is 0 Å². The molecule has 1 saturated heterocycles. The van der Waals surface area contributed by atoms with Crippen LogP contribution in [-0.4, -0.2) is 29.7 Å². The average molecular weight is 201 g/mol. The lowest BCUT2D eigenvalue weighted by Gasteiger charge is -2.43. The first-order valence-electron chi connectivity index (χ1n) is 5.71. The molecule has 0 saturated carbocycles. The second-order valence-electron chi connectivity index (χ2n) is 5.83. The summed E-state index contributed by atoms with van der Waals surface area (Å²) in [5.41, 5.74) is 0.117. The van der Waals surface area contributed by atoms with Crippen LogP contribution in [0.1, 0.15) is 41.0 Å². The maximum absolute atomic E-state index is 13.8. The van der Waals surface area contributed by atoms with Gasteiger partial charge in [-0.05, 0) is 45.6 Å². The quantitative estimate of drug-likeness (QED) is 0.630. The van der Waals surface area contributed by atoms with E-state index in [0.717, 1.165) is 13.0 Å². The Morgan fingerprint density at radius 2 is 1.86 bits per heavy atom. The molecule has 84 valence electrons. The van der Waals surface area contributed by atoms with Gasteiger partial charge in [-0.25, -0.2) is 4.39 Å². The molecule has 0 N–H and O–H groups in total. The Bertz CT molecular complexity index is 183. The summed E-state index contributed by atoms with van der Waals surface area (Å²) in [4.78, 5) is 2.26. The molecule has 0 spiro atoms. The van der Waals surface area contributed by atoms with Crippen LogP contribution in [0.2, 0.25) is 0 Å². The molecule has 1 aliphatic rings. The molecule has 0 aliphatic carbocycles. The number of likely N-dealkylation sites (tertiary alicyclic amines) is 1. The minimum atomic E-state index is -0.636. The molecule has 1 aliphatic heterocycles. The standard InChI is InChI=1S/C12H24FN/c1-9(2)10-6-7-14(8-11(10)13)12(3,4)5/h9-11H,6-8H2,1-5H3. The van der Waals surface area contributed by atoms with Gasteiger partial charge in [0.15, 0.2) is 0 Å². The largest absolute Gasteiger partial charge is 0.296 e. The van der Waals surface area contributed by atoms with Gasteiger partial charge in [0, 0.05) is 12.1 Å². The monoisotopic (exact) mass is 201 g/mol. The lowest BCUT2D eigenvalue weighted by Crippen LogP contribution is -2.51. The summed E-state index contributed by atoms with van der Waals surface area (Å²) in [6, 6.07) is 0. The Kier molecular flexibility index (Phi) is 3.57. The topological polar surface area (TPSA) is 3.24 Å². The van der Waals surface area contributed by atoms with Gasteiger partial charge in [-0.15, -0.1) is 0 Å². The molecule has 0 radical (unpaired) electrons. The molecule has 0 amide bonds. The lowest BCUT2D eigenvalue weighted by atomic mass is 9.84. The highest BCUT2D eigenvalue weighted by molar-refractivity contribution is 4.87. The first-order valence-corrected chi connectivity index (χ1v) is 5.71. The third-order valence-corrected chi connectivity index (χ3v) is 3.40. The van der Waals surface area contributed by atoms with Crippen molar-refractivity contribution in [1.29, 1.82) is 0 Å². The minimum absolute atomic E-state index is 0.117. The Labute approximate surface area is 87.7 Å². The van der Waals surface area contributed by atoms with Gasteiger partial charge in [-0.2, -0.15) is 0 Å². The molecule has 1 fully saturated rings. The number of hydrogen-bond donors (Lipinski definition) is 0. The third-order valence-electron chi connectivity index (χ3n) is 3.40. The van der Waals surface area contributed by atoms with E-state index in [0.29, 0.717) is 12.5 Å². The zero-order valence-corrected chi connectivity index (χ0v) is 10.2. The Hall–Kier alpha value is -0.110. The Balaban J connectivity index is 2.55. The van der Waals surface area contributed by atoms with Crippen molar-refractivity contribution in [2.75, 3.05) is 13.1 Å². The molecule has 1 rings (SSSR count). The number of rotatable bonds is 1. The number of hydrogen-bond acceptors (Lipinski definition) is 1. The normalized spacial score (nSPS) is 31.1. The Morgan fingerprint density at radius 3 is 2.21 bits per heavy atom. The summed E-state index contributed by atoms with van der Waals surface area (Å²) < 4.78 is 13.8.